The number of hydrogen-bond donors (Lipinski definition) is 1. The van der Waals surface area contributed by atoms with E-state index >= 15 is 0 Å². The van der Waals surface area contributed by atoms with Gasteiger partial charge in [-0.25, -0.2) is 0 Å². The molecule has 1 aromatic heterocycles. The highest BCUT2D eigenvalue weighted by molar-refractivity contribution is 7.10. The van der Waals surface area contributed by atoms with E-state index in [0.717, 1.165) is 0 Å². The van der Waals surface area contributed by atoms with Crippen molar-refractivity contribution in [3.63, 3.8) is 0 Å². The molecule has 78 valence electrons. The van der Waals surface area contributed by atoms with Gasteiger partial charge in [0.05, 0.1) is 0 Å². The number of aryl methyl sites for hydroxylation is 1. The van der Waals surface area contributed by atoms with Gasteiger partial charge in [-0.05, 0) is 47.5 Å². The molecule has 15 heavy (non-hydrogen) atoms. The fourth-order valence-electron chi connectivity index (χ4n) is 1.69. The molecular formula is C13H15NS. The molecule has 0 spiro atoms. The highest BCUT2D eigenvalue weighted by Gasteiger charge is 2.05. The second kappa shape index (κ2) is 4.17. The van der Waals surface area contributed by atoms with Gasteiger partial charge in [0.2, 0.25) is 0 Å². The maximum Gasteiger partial charge on any atom is 0.0274 e. The molecule has 2 aromatic rings. The molecule has 0 aliphatic carbocycles. The van der Waals surface area contributed by atoms with Gasteiger partial charge in [0, 0.05) is 11.4 Å². The van der Waals surface area contributed by atoms with Crippen LogP contribution in [0.5, 0.6) is 0 Å². The average Bonchev–Trinajstić information content (AvgIpc) is 2.70. The number of benzene rings is 1. The molecule has 0 unspecified atom stereocenters. The summed E-state index contributed by atoms with van der Waals surface area (Å²) in [6, 6.07) is 8.61. The van der Waals surface area contributed by atoms with Gasteiger partial charge in [0.25, 0.3) is 0 Å². The van der Waals surface area contributed by atoms with Gasteiger partial charge < -0.3 is 5.73 Å². The molecule has 2 N–H and O–H groups in total. The van der Waals surface area contributed by atoms with Crippen LogP contribution in [0, 0.1) is 13.8 Å². The molecule has 2 rings (SSSR count). The Labute approximate surface area is 94.6 Å². The molecule has 0 bridgehead atoms. The fourth-order valence-corrected chi connectivity index (χ4v) is 2.46. The van der Waals surface area contributed by atoms with Crippen molar-refractivity contribution in [1.29, 1.82) is 0 Å². The first-order valence-corrected chi connectivity index (χ1v) is 5.94. The van der Waals surface area contributed by atoms with Crippen LogP contribution in [0.25, 0.3) is 11.1 Å². The van der Waals surface area contributed by atoms with Gasteiger partial charge in [-0.2, -0.15) is 0 Å². The molecule has 0 amide bonds. The van der Waals surface area contributed by atoms with Gasteiger partial charge >= 0.3 is 0 Å². The van der Waals surface area contributed by atoms with Crippen molar-refractivity contribution in [3.8, 4) is 11.1 Å². The van der Waals surface area contributed by atoms with E-state index in [-0.39, 0.29) is 0 Å². The van der Waals surface area contributed by atoms with Crippen LogP contribution in [-0.4, -0.2) is 0 Å². The summed E-state index contributed by atoms with van der Waals surface area (Å²) in [5, 5.41) is 2.18. The fraction of sp³-hybridized carbons (Fsp3) is 0.231. The van der Waals surface area contributed by atoms with Crippen molar-refractivity contribution in [1.82, 2.24) is 0 Å². The summed E-state index contributed by atoms with van der Waals surface area (Å²) < 4.78 is 0. The van der Waals surface area contributed by atoms with Crippen molar-refractivity contribution in [2.24, 2.45) is 5.73 Å². The highest BCUT2D eigenvalue weighted by atomic mass is 32.1. The monoisotopic (exact) mass is 217 g/mol. The maximum atomic E-state index is 5.62. The molecule has 1 heterocycles. The second-order valence-corrected chi connectivity index (χ2v) is 4.75. The lowest BCUT2D eigenvalue weighted by Crippen LogP contribution is -1.91. The molecule has 2 heteroatoms. The lowest BCUT2D eigenvalue weighted by atomic mass is 9.99. The van der Waals surface area contributed by atoms with E-state index in [9.17, 15) is 0 Å². The average molecular weight is 217 g/mol. The molecule has 0 aliphatic rings. The van der Waals surface area contributed by atoms with Crippen LogP contribution in [0.1, 0.15) is 16.0 Å². The Kier molecular flexibility index (Phi) is 2.89. The van der Waals surface area contributed by atoms with E-state index in [1.165, 1.54) is 27.1 Å². The first-order chi connectivity index (χ1) is 7.22. The molecule has 0 radical (unpaired) electrons. The van der Waals surface area contributed by atoms with Crippen molar-refractivity contribution < 1.29 is 0 Å². The van der Waals surface area contributed by atoms with Crippen molar-refractivity contribution >= 4 is 11.3 Å². The Morgan fingerprint density at radius 1 is 1.27 bits per heavy atom. The predicted octanol–water partition coefficient (Wildman–Crippen LogP) is 3.49. The summed E-state index contributed by atoms with van der Waals surface area (Å²) in [6.07, 6.45) is 0. The minimum atomic E-state index is 0.634. The summed E-state index contributed by atoms with van der Waals surface area (Å²) >= 11 is 1.73. The van der Waals surface area contributed by atoms with Crippen LogP contribution >= 0.6 is 11.3 Å². The normalized spacial score (nSPS) is 10.6. The maximum absolute atomic E-state index is 5.62. The number of hydrogen-bond acceptors (Lipinski definition) is 2. The molecule has 0 atom stereocenters. The Bertz CT molecular complexity index is 471. The van der Waals surface area contributed by atoms with E-state index in [2.05, 4.69) is 43.5 Å². The lowest BCUT2D eigenvalue weighted by Gasteiger charge is -2.06. The number of thiophene rings is 1. The van der Waals surface area contributed by atoms with Crippen LogP contribution < -0.4 is 5.73 Å². The standard InChI is InChI=1S/C13H15NS/c1-9-4-3-5-13(10(9)2)11-6-12(7-14)15-8-11/h3-6,8H,7,14H2,1-2H3. The first kappa shape index (κ1) is 10.4. The van der Waals surface area contributed by atoms with Gasteiger partial charge in [0.15, 0.2) is 0 Å². The SMILES string of the molecule is Cc1cccc(-c2csc(CN)c2)c1C. The zero-order valence-electron chi connectivity index (χ0n) is 9.08. The van der Waals surface area contributed by atoms with E-state index in [1.54, 1.807) is 11.3 Å². The third-order valence-electron chi connectivity index (χ3n) is 2.77. The van der Waals surface area contributed by atoms with E-state index < -0.39 is 0 Å². The Morgan fingerprint density at radius 3 is 2.73 bits per heavy atom. The Morgan fingerprint density at radius 2 is 2.07 bits per heavy atom. The Balaban J connectivity index is 2.49. The predicted molar refractivity (Wildman–Crippen MR) is 67.1 cm³/mol. The summed E-state index contributed by atoms with van der Waals surface area (Å²) in [6.45, 7) is 4.95. The minimum Gasteiger partial charge on any atom is -0.326 e. The van der Waals surface area contributed by atoms with E-state index in [4.69, 9.17) is 5.73 Å². The van der Waals surface area contributed by atoms with Crippen molar-refractivity contribution in [2.75, 3.05) is 0 Å². The lowest BCUT2D eigenvalue weighted by molar-refractivity contribution is 1.11. The van der Waals surface area contributed by atoms with Crippen LogP contribution in [-0.2, 0) is 6.54 Å². The molecule has 0 saturated carbocycles. The highest BCUT2D eigenvalue weighted by Crippen LogP contribution is 2.29. The van der Waals surface area contributed by atoms with Gasteiger partial charge in [-0.1, -0.05) is 18.2 Å². The summed E-state index contributed by atoms with van der Waals surface area (Å²) in [5.74, 6) is 0. The summed E-state index contributed by atoms with van der Waals surface area (Å²) in [4.78, 5) is 1.24. The van der Waals surface area contributed by atoms with Crippen LogP contribution in [0.2, 0.25) is 0 Å². The molecule has 0 fully saturated rings. The molecular weight excluding hydrogens is 202 g/mol. The molecule has 0 aliphatic heterocycles. The smallest absolute Gasteiger partial charge is 0.0274 e. The summed E-state index contributed by atoms with van der Waals surface area (Å²) in [7, 11) is 0. The van der Waals surface area contributed by atoms with Crippen LogP contribution in [0.3, 0.4) is 0 Å². The number of rotatable bonds is 2. The number of nitrogens with two attached hydrogens (primary N) is 1. The molecule has 1 aromatic carbocycles. The third-order valence-corrected chi connectivity index (χ3v) is 3.73. The van der Waals surface area contributed by atoms with Gasteiger partial charge in [-0.3, -0.25) is 0 Å². The topological polar surface area (TPSA) is 26.0 Å². The van der Waals surface area contributed by atoms with Gasteiger partial charge in [-0.15, -0.1) is 11.3 Å². The van der Waals surface area contributed by atoms with E-state index in [1.807, 2.05) is 0 Å². The third kappa shape index (κ3) is 1.96. The zero-order chi connectivity index (χ0) is 10.8. The van der Waals surface area contributed by atoms with E-state index in [0.29, 0.717) is 6.54 Å². The zero-order valence-corrected chi connectivity index (χ0v) is 9.90. The van der Waals surface area contributed by atoms with Crippen LogP contribution in [0.4, 0.5) is 0 Å². The minimum absolute atomic E-state index is 0.634. The molecule has 0 saturated heterocycles. The molecule has 1 nitrogen and oxygen atoms in total. The summed E-state index contributed by atoms with van der Waals surface area (Å²) in [5.41, 5.74) is 10.9. The van der Waals surface area contributed by atoms with Crippen molar-refractivity contribution in [3.05, 3.63) is 45.6 Å². The largest absolute Gasteiger partial charge is 0.326 e. The second-order valence-electron chi connectivity index (χ2n) is 3.75. The first-order valence-electron chi connectivity index (χ1n) is 5.06. The van der Waals surface area contributed by atoms with Crippen molar-refractivity contribution in [2.45, 2.75) is 20.4 Å². The van der Waals surface area contributed by atoms with Gasteiger partial charge in [0.1, 0.15) is 0 Å². The Hall–Kier alpha value is -1.12. The van der Waals surface area contributed by atoms with Crippen LogP contribution in [0.15, 0.2) is 29.6 Å². The quantitative estimate of drug-likeness (QED) is 0.818.